The number of H-pyrrole nitrogens is 1. The van der Waals surface area contributed by atoms with E-state index in [0.717, 1.165) is 25.2 Å². The van der Waals surface area contributed by atoms with Gasteiger partial charge in [0.15, 0.2) is 0 Å². The topological polar surface area (TPSA) is 39.3 Å². The van der Waals surface area contributed by atoms with Crippen LogP contribution in [-0.2, 0) is 5.60 Å². The predicted molar refractivity (Wildman–Crippen MR) is 56.0 cm³/mol. The molecule has 1 aromatic heterocycles. The molecule has 0 aliphatic carbocycles. The van der Waals surface area contributed by atoms with Crippen LogP contribution in [0.5, 0.6) is 0 Å². The molecule has 2 atom stereocenters. The second kappa shape index (κ2) is 3.41. The lowest BCUT2D eigenvalue weighted by Gasteiger charge is -2.41. The van der Waals surface area contributed by atoms with Crippen molar-refractivity contribution < 1.29 is 5.11 Å². The summed E-state index contributed by atoms with van der Waals surface area (Å²) in [7, 11) is 2.10. The lowest BCUT2D eigenvalue weighted by molar-refractivity contribution is -0.0688. The van der Waals surface area contributed by atoms with E-state index in [4.69, 9.17) is 0 Å². The first kappa shape index (κ1) is 9.74. The van der Waals surface area contributed by atoms with Crippen LogP contribution in [0.25, 0.3) is 0 Å². The van der Waals surface area contributed by atoms with Crippen molar-refractivity contribution in [3.63, 3.8) is 0 Å². The first-order valence-corrected chi connectivity index (χ1v) is 5.18. The summed E-state index contributed by atoms with van der Waals surface area (Å²) in [6, 6.07) is 3.92. The van der Waals surface area contributed by atoms with Crippen LogP contribution < -0.4 is 0 Å². The number of aliphatic hydroxyl groups is 1. The van der Waals surface area contributed by atoms with Gasteiger partial charge >= 0.3 is 0 Å². The molecular formula is C11H18N2O. The van der Waals surface area contributed by atoms with Crippen LogP contribution in [0.2, 0.25) is 0 Å². The molecule has 3 nitrogen and oxygen atoms in total. The van der Waals surface area contributed by atoms with Crippen LogP contribution in [0, 0.1) is 5.92 Å². The highest BCUT2D eigenvalue weighted by molar-refractivity contribution is 5.16. The Balaban J connectivity index is 2.23. The van der Waals surface area contributed by atoms with Crippen LogP contribution in [0.4, 0.5) is 0 Å². The molecule has 1 aromatic rings. The van der Waals surface area contributed by atoms with Gasteiger partial charge in [0.1, 0.15) is 5.60 Å². The van der Waals surface area contributed by atoms with Crippen LogP contribution in [0.15, 0.2) is 18.3 Å². The summed E-state index contributed by atoms with van der Waals surface area (Å²) in [6.45, 7) is 4.02. The number of nitrogens with one attached hydrogen (secondary N) is 1. The van der Waals surface area contributed by atoms with Crippen molar-refractivity contribution in [1.82, 2.24) is 9.88 Å². The van der Waals surface area contributed by atoms with E-state index in [1.54, 1.807) is 0 Å². The van der Waals surface area contributed by atoms with Crippen molar-refractivity contribution in [1.29, 1.82) is 0 Å². The second-order valence-corrected chi connectivity index (χ2v) is 4.42. The lowest BCUT2D eigenvalue weighted by atomic mass is 9.80. The van der Waals surface area contributed by atoms with Crippen molar-refractivity contribution >= 4 is 0 Å². The van der Waals surface area contributed by atoms with E-state index in [2.05, 4.69) is 23.9 Å². The average Bonchev–Trinajstić information content (AvgIpc) is 2.65. The number of likely N-dealkylation sites (tertiary alicyclic amines) is 1. The van der Waals surface area contributed by atoms with Crippen LogP contribution in [0.3, 0.4) is 0 Å². The predicted octanol–water partition coefficient (Wildman–Crippen LogP) is 1.17. The average molecular weight is 194 g/mol. The third kappa shape index (κ3) is 1.47. The maximum absolute atomic E-state index is 10.6. The Morgan fingerprint density at radius 3 is 3.00 bits per heavy atom. The molecule has 0 radical (unpaired) electrons. The fourth-order valence-electron chi connectivity index (χ4n) is 2.32. The van der Waals surface area contributed by atoms with E-state index >= 15 is 0 Å². The number of aromatic amines is 1. The molecule has 2 rings (SSSR count). The molecule has 0 amide bonds. The minimum Gasteiger partial charge on any atom is -0.383 e. The number of hydrogen-bond acceptors (Lipinski definition) is 2. The molecule has 2 N–H and O–H groups in total. The fraction of sp³-hybridized carbons (Fsp3) is 0.636. The Bertz CT molecular complexity index is 296. The SMILES string of the molecule is CC1CN(C)CCC1(O)c1ccc[nH]1. The first-order valence-electron chi connectivity index (χ1n) is 5.18. The summed E-state index contributed by atoms with van der Waals surface area (Å²) in [6.07, 6.45) is 2.68. The van der Waals surface area contributed by atoms with Crippen LogP contribution in [0.1, 0.15) is 19.0 Å². The monoisotopic (exact) mass is 194 g/mol. The van der Waals surface area contributed by atoms with Crippen LogP contribution in [-0.4, -0.2) is 35.1 Å². The molecule has 2 heterocycles. The van der Waals surface area contributed by atoms with E-state index < -0.39 is 5.60 Å². The Morgan fingerprint density at radius 2 is 2.43 bits per heavy atom. The summed E-state index contributed by atoms with van der Waals surface area (Å²) in [5.74, 6) is 0.278. The molecule has 0 aromatic carbocycles. The summed E-state index contributed by atoms with van der Waals surface area (Å²) in [5.41, 5.74) is 0.300. The van der Waals surface area contributed by atoms with Crippen LogP contribution >= 0.6 is 0 Å². The van der Waals surface area contributed by atoms with Gasteiger partial charge in [-0.05, 0) is 25.6 Å². The van der Waals surface area contributed by atoms with Crippen molar-refractivity contribution in [2.45, 2.75) is 18.9 Å². The van der Waals surface area contributed by atoms with E-state index in [1.165, 1.54) is 0 Å². The van der Waals surface area contributed by atoms with E-state index in [-0.39, 0.29) is 5.92 Å². The third-order valence-corrected chi connectivity index (χ3v) is 3.34. The zero-order chi connectivity index (χ0) is 10.2. The van der Waals surface area contributed by atoms with Gasteiger partial charge in [-0.15, -0.1) is 0 Å². The fourth-order valence-corrected chi connectivity index (χ4v) is 2.32. The van der Waals surface area contributed by atoms with Crippen molar-refractivity contribution in [2.24, 2.45) is 5.92 Å². The molecule has 1 fully saturated rings. The molecule has 0 spiro atoms. The van der Waals surface area contributed by atoms with Crippen molar-refractivity contribution in [3.05, 3.63) is 24.0 Å². The molecule has 0 bridgehead atoms. The number of rotatable bonds is 1. The second-order valence-electron chi connectivity index (χ2n) is 4.42. The molecule has 1 aliphatic rings. The van der Waals surface area contributed by atoms with Gasteiger partial charge in [-0.1, -0.05) is 6.92 Å². The van der Waals surface area contributed by atoms with Crippen molar-refractivity contribution in [3.8, 4) is 0 Å². The van der Waals surface area contributed by atoms with Gasteiger partial charge in [0.05, 0.1) is 0 Å². The molecule has 78 valence electrons. The van der Waals surface area contributed by atoms with Crippen molar-refractivity contribution in [2.75, 3.05) is 20.1 Å². The third-order valence-electron chi connectivity index (χ3n) is 3.34. The molecule has 0 saturated carbocycles. The summed E-state index contributed by atoms with van der Waals surface area (Å²) >= 11 is 0. The zero-order valence-electron chi connectivity index (χ0n) is 8.83. The molecule has 1 aliphatic heterocycles. The van der Waals surface area contributed by atoms with E-state index in [9.17, 15) is 5.11 Å². The van der Waals surface area contributed by atoms with E-state index in [1.807, 2.05) is 18.3 Å². The maximum atomic E-state index is 10.6. The number of piperidine rings is 1. The van der Waals surface area contributed by atoms with Gasteiger partial charge < -0.3 is 15.0 Å². The summed E-state index contributed by atoms with van der Waals surface area (Å²) in [4.78, 5) is 5.39. The molecule has 2 unspecified atom stereocenters. The normalized spacial score (nSPS) is 34.6. The quantitative estimate of drug-likeness (QED) is 0.704. The Morgan fingerprint density at radius 1 is 1.64 bits per heavy atom. The zero-order valence-corrected chi connectivity index (χ0v) is 8.83. The smallest absolute Gasteiger partial charge is 0.109 e. The summed E-state index contributed by atoms with van der Waals surface area (Å²) < 4.78 is 0. The Kier molecular flexibility index (Phi) is 2.37. The summed E-state index contributed by atoms with van der Waals surface area (Å²) in [5, 5.41) is 10.6. The number of nitrogens with zero attached hydrogens (tertiary/aromatic N) is 1. The molecule has 1 saturated heterocycles. The Hall–Kier alpha value is -0.800. The number of hydrogen-bond donors (Lipinski definition) is 2. The minimum atomic E-state index is -0.657. The lowest BCUT2D eigenvalue weighted by Crippen LogP contribution is -2.47. The molecule has 3 heteroatoms. The van der Waals surface area contributed by atoms with Gasteiger partial charge in [0, 0.05) is 30.9 Å². The van der Waals surface area contributed by atoms with E-state index in [0.29, 0.717) is 0 Å². The molecular weight excluding hydrogens is 176 g/mol. The minimum absolute atomic E-state index is 0.278. The van der Waals surface area contributed by atoms with Gasteiger partial charge in [-0.25, -0.2) is 0 Å². The maximum Gasteiger partial charge on any atom is 0.109 e. The van der Waals surface area contributed by atoms with Gasteiger partial charge in [0.2, 0.25) is 0 Å². The standard InChI is InChI=1S/C11H18N2O/c1-9-8-13(2)7-5-11(9,14)10-4-3-6-12-10/h3-4,6,9,12,14H,5,7-8H2,1-2H3. The molecule has 14 heavy (non-hydrogen) atoms. The first-order chi connectivity index (χ1) is 6.63. The van der Waals surface area contributed by atoms with Gasteiger partial charge in [-0.3, -0.25) is 0 Å². The number of aromatic nitrogens is 1. The highest BCUT2D eigenvalue weighted by Gasteiger charge is 2.39. The highest BCUT2D eigenvalue weighted by Crippen LogP contribution is 2.35. The van der Waals surface area contributed by atoms with Gasteiger partial charge in [0.25, 0.3) is 0 Å². The highest BCUT2D eigenvalue weighted by atomic mass is 16.3. The largest absolute Gasteiger partial charge is 0.383 e. The Labute approximate surface area is 84.7 Å². The van der Waals surface area contributed by atoms with Gasteiger partial charge in [-0.2, -0.15) is 0 Å².